The van der Waals surface area contributed by atoms with E-state index in [2.05, 4.69) is 16.0 Å². The molecular weight excluding hydrogens is 592 g/mol. The second-order valence-electron chi connectivity index (χ2n) is 11.7. The number of benzene rings is 4. The number of hydrogen-bond acceptors (Lipinski definition) is 5. The second-order valence-corrected chi connectivity index (χ2v) is 11.7. The van der Waals surface area contributed by atoms with Crippen LogP contribution in [-0.2, 0) is 26.3 Å². The molecule has 240 valence electrons. The largest absolute Gasteiger partial charge is 0.508 e. The van der Waals surface area contributed by atoms with E-state index >= 15 is 0 Å². The smallest absolute Gasteiger partial charge is 0.408 e. The minimum atomic E-state index is -1.40. The molecule has 4 aromatic rings. The van der Waals surface area contributed by atoms with Crippen LogP contribution in [0.1, 0.15) is 49.4 Å². The van der Waals surface area contributed by atoms with Crippen molar-refractivity contribution in [2.75, 3.05) is 6.54 Å². The highest BCUT2D eigenvalue weighted by Gasteiger charge is 2.39. The Balaban J connectivity index is 1.63. The van der Waals surface area contributed by atoms with Crippen LogP contribution in [0, 0.1) is 11.6 Å². The molecule has 0 bridgehead atoms. The Morgan fingerprint density at radius 2 is 1.24 bits per heavy atom. The lowest BCUT2D eigenvalue weighted by molar-refractivity contribution is -0.129. The molecule has 0 saturated heterocycles. The molecule has 0 radical (unpaired) electrons. The van der Waals surface area contributed by atoms with E-state index < -0.39 is 58.9 Å². The van der Waals surface area contributed by atoms with E-state index in [4.69, 9.17) is 4.74 Å². The highest BCUT2D eigenvalue weighted by atomic mass is 19.1. The number of rotatable bonds is 11. The van der Waals surface area contributed by atoms with Gasteiger partial charge in [-0.25, -0.2) is 13.6 Å². The fourth-order valence-electron chi connectivity index (χ4n) is 5.15. The van der Waals surface area contributed by atoms with Crippen LogP contribution in [0.5, 0.6) is 5.75 Å². The molecule has 4 aromatic carbocycles. The van der Waals surface area contributed by atoms with Gasteiger partial charge < -0.3 is 25.8 Å². The number of phenols is 1. The maximum Gasteiger partial charge on any atom is 0.408 e. The van der Waals surface area contributed by atoms with Crippen LogP contribution < -0.4 is 16.0 Å². The minimum Gasteiger partial charge on any atom is -0.508 e. The zero-order valence-corrected chi connectivity index (χ0v) is 25.8. The summed E-state index contributed by atoms with van der Waals surface area (Å²) in [6.45, 7) is 4.75. The molecule has 0 aliphatic rings. The summed E-state index contributed by atoms with van der Waals surface area (Å²) in [6, 6.07) is 28.3. The van der Waals surface area contributed by atoms with Gasteiger partial charge in [0.1, 0.15) is 34.6 Å². The third-order valence-electron chi connectivity index (χ3n) is 7.14. The summed E-state index contributed by atoms with van der Waals surface area (Å²) in [5.41, 5.74) is -0.0863. The molecule has 0 unspecified atom stereocenters. The van der Waals surface area contributed by atoms with Gasteiger partial charge in [0, 0.05) is 24.2 Å². The molecule has 0 aliphatic heterocycles. The molecule has 0 aliphatic carbocycles. The van der Waals surface area contributed by atoms with E-state index in [1.165, 1.54) is 0 Å². The van der Waals surface area contributed by atoms with Crippen molar-refractivity contribution in [1.82, 2.24) is 16.0 Å². The number of aromatic hydroxyl groups is 1. The fourth-order valence-corrected chi connectivity index (χ4v) is 5.15. The normalized spacial score (nSPS) is 12.1. The number of hydrogen-bond donors (Lipinski definition) is 4. The average molecular weight is 630 g/mol. The molecule has 4 rings (SSSR count). The summed E-state index contributed by atoms with van der Waals surface area (Å²) in [5.74, 6) is -3.82. The maximum atomic E-state index is 14.2. The number of ether oxygens (including phenoxy) is 1. The van der Waals surface area contributed by atoms with Crippen LogP contribution in [0.2, 0.25) is 0 Å². The van der Waals surface area contributed by atoms with Crippen molar-refractivity contribution in [2.45, 2.75) is 50.8 Å². The molecule has 0 aromatic heterocycles. The Morgan fingerprint density at radius 3 is 1.67 bits per heavy atom. The van der Waals surface area contributed by atoms with E-state index in [9.17, 15) is 28.3 Å². The third-order valence-corrected chi connectivity index (χ3v) is 7.14. The Labute approximate surface area is 266 Å². The van der Waals surface area contributed by atoms with Crippen LogP contribution in [0.4, 0.5) is 13.6 Å². The van der Waals surface area contributed by atoms with Crippen molar-refractivity contribution in [2.24, 2.45) is 0 Å². The summed E-state index contributed by atoms with van der Waals surface area (Å²) in [5, 5.41) is 17.6. The van der Waals surface area contributed by atoms with Crippen LogP contribution in [0.25, 0.3) is 0 Å². The predicted octanol–water partition coefficient (Wildman–Crippen LogP) is 5.72. The lowest BCUT2D eigenvalue weighted by Gasteiger charge is -2.37. The number of carbonyl (C=O) groups is 3. The number of carbonyl (C=O) groups excluding carboxylic acids is 3. The van der Waals surface area contributed by atoms with Gasteiger partial charge in [-0.1, -0.05) is 91.0 Å². The first kappa shape index (κ1) is 33.6. The highest BCUT2D eigenvalue weighted by Crippen LogP contribution is 2.37. The first-order valence-electron chi connectivity index (χ1n) is 14.8. The van der Waals surface area contributed by atoms with Gasteiger partial charge in [-0.05, 0) is 43.9 Å². The summed E-state index contributed by atoms with van der Waals surface area (Å²) in [6.07, 6.45) is -1.65. The Kier molecular flexibility index (Phi) is 10.7. The molecule has 0 spiro atoms. The van der Waals surface area contributed by atoms with Gasteiger partial charge >= 0.3 is 6.09 Å². The van der Waals surface area contributed by atoms with Crippen molar-refractivity contribution >= 4 is 17.9 Å². The molecule has 3 amide bonds. The molecule has 8 nitrogen and oxygen atoms in total. The highest BCUT2D eigenvalue weighted by molar-refractivity contribution is 5.91. The lowest BCUT2D eigenvalue weighted by Crippen LogP contribution is -2.53. The molecule has 46 heavy (non-hydrogen) atoms. The summed E-state index contributed by atoms with van der Waals surface area (Å²) < 4.78 is 33.8. The average Bonchev–Trinajstić information content (AvgIpc) is 3.01. The van der Waals surface area contributed by atoms with Crippen LogP contribution >= 0.6 is 0 Å². The van der Waals surface area contributed by atoms with Gasteiger partial charge in [0.05, 0.1) is 6.42 Å². The van der Waals surface area contributed by atoms with Gasteiger partial charge in [0.15, 0.2) is 0 Å². The van der Waals surface area contributed by atoms with Gasteiger partial charge in [-0.15, -0.1) is 0 Å². The van der Waals surface area contributed by atoms with Crippen LogP contribution in [0.15, 0.2) is 103 Å². The molecular formula is C36H37F2N3O5. The summed E-state index contributed by atoms with van der Waals surface area (Å²) in [7, 11) is 0. The monoisotopic (exact) mass is 629 g/mol. The Hall–Kier alpha value is -5.25. The summed E-state index contributed by atoms with van der Waals surface area (Å²) >= 11 is 0. The van der Waals surface area contributed by atoms with Crippen molar-refractivity contribution in [3.63, 3.8) is 0 Å². The van der Waals surface area contributed by atoms with E-state index in [0.717, 1.165) is 28.8 Å². The number of alkyl carbamates (subject to hydrolysis) is 1. The number of phenolic OH excluding ortho intramolecular Hbond substituents is 1. The quantitative estimate of drug-likeness (QED) is 0.158. The van der Waals surface area contributed by atoms with Crippen molar-refractivity contribution in [3.8, 4) is 5.75 Å². The standard InChI is InChI=1S/C36H37F2N3O5/c1-35(2,3)46-34(45)40-31(33(44)39-20-19-28-29(37)21-27(42)22-30(28)38)23-32(43)41-36(24-13-7-4-8-14-24,25-15-9-5-10-16-25)26-17-11-6-12-18-26/h4-18,21-22,31,42H,19-20,23H2,1-3H3,(H,39,44)(H,40,45)(H,41,43)/t31-/m1/s1. The van der Waals surface area contributed by atoms with Gasteiger partial charge in [-0.3, -0.25) is 9.59 Å². The number of nitrogens with one attached hydrogen (secondary N) is 3. The van der Waals surface area contributed by atoms with E-state index in [0.29, 0.717) is 0 Å². The Bertz CT molecular complexity index is 1530. The van der Waals surface area contributed by atoms with Gasteiger partial charge in [0.25, 0.3) is 0 Å². The third kappa shape index (κ3) is 8.47. The molecule has 0 heterocycles. The zero-order valence-electron chi connectivity index (χ0n) is 25.8. The van der Waals surface area contributed by atoms with Crippen LogP contribution in [-0.4, -0.2) is 41.2 Å². The predicted molar refractivity (Wildman–Crippen MR) is 170 cm³/mol. The topological polar surface area (TPSA) is 117 Å². The van der Waals surface area contributed by atoms with Crippen molar-refractivity contribution in [3.05, 3.63) is 137 Å². The molecule has 1 atom stereocenters. The van der Waals surface area contributed by atoms with Gasteiger partial charge in [0.2, 0.25) is 11.8 Å². The number of halogens is 2. The first-order valence-corrected chi connectivity index (χ1v) is 14.8. The van der Waals surface area contributed by atoms with Gasteiger partial charge in [-0.2, -0.15) is 0 Å². The van der Waals surface area contributed by atoms with E-state index in [1.807, 2.05) is 91.0 Å². The SMILES string of the molecule is CC(C)(C)OC(=O)N[C@H](CC(=O)NC(c1ccccc1)(c1ccccc1)c1ccccc1)C(=O)NCCc1c(F)cc(O)cc1F. The van der Waals surface area contributed by atoms with E-state index in [1.54, 1.807) is 20.8 Å². The van der Waals surface area contributed by atoms with Crippen LogP contribution in [0.3, 0.4) is 0 Å². The minimum absolute atomic E-state index is 0.215. The second kappa shape index (κ2) is 14.7. The lowest BCUT2D eigenvalue weighted by atomic mass is 9.77. The van der Waals surface area contributed by atoms with Crippen molar-refractivity contribution in [1.29, 1.82) is 0 Å². The molecule has 4 N–H and O–H groups in total. The Morgan fingerprint density at radius 1 is 0.783 bits per heavy atom. The number of amides is 3. The van der Waals surface area contributed by atoms with E-state index in [-0.39, 0.29) is 18.5 Å². The fraction of sp³-hybridized carbons (Fsp3) is 0.250. The zero-order chi connectivity index (χ0) is 33.3. The summed E-state index contributed by atoms with van der Waals surface area (Å²) in [4.78, 5) is 40.1. The molecule has 10 heteroatoms. The maximum absolute atomic E-state index is 14.2. The first-order chi connectivity index (χ1) is 21.9. The van der Waals surface area contributed by atoms with Crippen molar-refractivity contribution < 1.29 is 33.0 Å². The molecule has 0 saturated carbocycles. The molecule has 0 fully saturated rings.